The lowest BCUT2D eigenvalue weighted by Crippen LogP contribution is -2.53. The number of hydrogen-bond acceptors (Lipinski definition) is 3. The third-order valence-corrected chi connectivity index (χ3v) is 2.65. The number of carbonyl (C=O) groups is 1. The van der Waals surface area contributed by atoms with Gasteiger partial charge in [-0.1, -0.05) is 12.1 Å². The Morgan fingerprint density at radius 1 is 1.44 bits per heavy atom. The normalized spacial score (nSPS) is 14.2. The third kappa shape index (κ3) is 2.73. The summed E-state index contributed by atoms with van der Waals surface area (Å²) in [5.41, 5.74) is 11.9. The van der Waals surface area contributed by atoms with Gasteiger partial charge in [-0.05, 0) is 38.0 Å². The summed E-state index contributed by atoms with van der Waals surface area (Å²) in [7, 11) is 0. The van der Waals surface area contributed by atoms with E-state index in [1.807, 2.05) is 32.0 Å². The van der Waals surface area contributed by atoms with E-state index < -0.39 is 11.4 Å². The van der Waals surface area contributed by atoms with Crippen molar-refractivity contribution >= 4 is 5.91 Å². The summed E-state index contributed by atoms with van der Waals surface area (Å²) in [6, 6.07) is 5.74. The molecule has 1 aromatic carbocycles. The van der Waals surface area contributed by atoms with Crippen molar-refractivity contribution in [3.63, 3.8) is 0 Å². The smallest absolute Gasteiger partial charge is 0.240 e. The first-order valence-electron chi connectivity index (χ1n) is 5.12. The van der Waals surface area contributed by atoms with Crippen LogP contribution in [0.4, 0.5) is 0 Å². The maximum absolute atomic E-state index is 11.0. The quantitative estimate of drug-likeness (QED) is 0.794. The first-order chi connectivity index (χ1) is 7.34. The second-order valence-corrected chi connectivity index (χ2v) is 4.27. The SMILES string of the molecule is Cc1cccc(OCC(C)(N)C(N)=O)c1C. The molecule has 4 heteroatoms. The zero-order chi connectivity index (χ0) is 12.3. The molecule has 0 aliphatic rings. The predicted molar refractivity (Wildman–Crippen MR) is 63.2 cm³/mol. The molecule has 1 atom stereocenters. The molecule has 0 saturated heterocycles. The molecule has 1 amide bonds. The van der Waals surface area contributed by atoms with Crippen LogP contribution in [-0.4, -0.2) is 18.1 Å². The molecule has 4 nitrogen and oxygen atoms in total. The molecule has 0 aromatic heterocycles. The number of benzene rings is 1. The van der Waals surface area contributed by atoms with Crippen LogP contribution < -0.4 is 16.2 Å². The number of amides is 1. The summed E-state index contributed by atoms with van der Waals surface area (Å²) in [5.74, 6) is 0.163. The standard InChI is InChI=1S/C12H18N2O2/c1-8-5-4-6-10(9(8)2)16-7-12(3,14)11(13)15/h4-6H,7,14H2,1-3H3,(H2,13,15). The van der Waals surface area contributed by atoms with Crippen LogP contribution in [0.15, 0.2) is 18.2 Å². The summed E-state index contributed by atoms with van der Waals surface area (Å²) in [6.45, 7) is 5.59. The Kier molecular flexibility index (Phi) is 3.55. The average molecular weight is 222 g/mol. The van der Waals surface area contributed by atoms with E-state index in [4.69, 9.17) is 16.2 Å². The Hall–Kier alpha value is -1.55. The van der Waals surface area contributed by atoms with Crippen molar-refractivity contribution in [3.8, 4) is 5.75 Å². The van der Waals surface area contributed by atoms with Gasteiger partial charge in [0, 0.05) is 0 Å². The van der Waals surface area contributed by atoms with Crippen LogP contribution in [-0.2, 0) is 4.79 Å². The molecule has 0 saturated carbocycles. The Labute approximate surface area is 95.6 Å². The fourth-order valence-corrected chi connectivity index (χ4v) is 1.18. The van der Waals surface area contributed by atoms with Gasteiger partial charge < -0.3 is 16.2 Å². The summed E-state index contributed by atoms with van der Waals surface area (Å²) in [6.07, 6.45) is 0. The number of nitrogens with two attached hydrogens (primary N) is 2. The van der Waals surface area contributed by atoms with Crippen LogP contribution in [0.1, 0.15) is 18.1 Å². The highest BCUT2D eigenvalue weighted by Crippen LogP contribution is 2.21. The minimum absolute atomic E-state index is 0.0760. The molecule has 4 N–H and O–H groups in total. The molecule has 1 aromatic rings. The fraction of sp³-hybridized carbons (Fsp3) is 0.417. The molecule has 0 aliphatic heterocycles. The van der Waals surface area contributed by atoms with Crippen molar-refractivity contribution in [2.45, 2.75) is 26.3 Å². The van der Waals surface area contributed by atoms with E-state index in [1.165, 1.54) is 0 Å². The fourth-order valence-electron chi connectivity index (χ4n) is 1.18. The topological polar surface area (TPSA) is 78.3 Å². The largest absolute Gasteiger partial charge is 0.491 e. The molecule has 16 heavy (non-hydrogen) atoms. The van der Waals surface area contributed by atoms with Gasteiger partial charge in [-0.2, -0.15) is 0 Å². The summed E-state index contributed by atoms with van der Waals surface area (Å²) < 4.78 is 5.52. The Bertz CT molecular complexity index is 400. The molecule has 0 spiro atoms. The second-order valence-electron chi connectivity index (χ2n) is 4.27. The van der Waals surface area contributed by atoms with Crippen LogP contribution >= 0.6 is 0 Å². The van der Waals surface area contributed by atoms with E-state index in [9.17, 15) is 4.79 Å². The van der Waals surface area contributed by atoms with Gasteiger partial charge in [0.05, 0.1) is 0 Å². The molecule has 1 rings (SSSR count). The molecule has 0 aliphatic carbocycles. The van der Waals surface area contributed by atoms with Gasteiger partial charge in [0.25, 0.3) is 0 Å². The van der Waals surface area contributed by atoms with Crippen molar-refractivity contribution in [1.82, 2.24) is 0 Å². The van der Waals surface area contributed by atoms with E-state index >= 15 is 0 Å². The highest BCUT2D eigenvalue weighted by Gasteiger charge is 2.26. The molecule has 1 unspecified atom stereocenters. The van der Waals surface area contributed by atoms with Gasteiger partial charge >= 0.3 is 0 Å². The number of hydrogen-bond donors (Lipinski definition) is 2. The minimum atomic E-state index is -1.14. The van der Waals surface area contributed by atoms with Crippen LogP contribution in [0.3, 0.4) is 0 Å². The maximum atomic E-state index is 11.0. The van der Waals surface area contributed by atoms with Crippen molar-refractivity contribution in [3.05, 3.63) is 29.3 Å². The lowest BCUT2D eigenvalue weighted by atomic mass is 10.1. The molecular formula is C12H18N2O2. The summed E-state index contributed by atoms with van der Waals surface area (Å²) in [4.78, 5) is 11.0. The molecule has 0 bridgehead atoms. The van der Waals surface area contributed by atoms with Gasteiger partial charge in [0.1, 0.15) is 17.9 Å². The van der Waals surface area contributed by atoms with Gasteiger partial charge in [-0.25, -0.2) is 0 Å². The Morgan fingerprint density at radius 3 is 2.62 bits per heavy atom. The van der Waals surface area contributed by atoms with E-state index in [0.717, 1.165) is 16.9 Å². The first kappa shape index (κ1) is 12.5. The van der Waals surface area contributed by atoms with Crippen LogP contribution in [0, 0.1) is 13.8 Å². The summed E-state index contributed by atoms with van der Waals surface area (Å²) in [5, 5.41) is 0. The van der Waals surface area contributed by atoms with Gasteiger partial charge in [0.2, 0.25) is 5.91 Å². The van der Waals surface area contributed by atoms with Crippen molar-refractivity contribution < 1.29 is 9.53 Å². The van der Waals surface area contributed by atoms with E-state index in [-0.39, 0.29) is 6.61 Å². The Morgan fingerprint density at radius 2 is 2.06 bits per heavy atom. The first-order valence-corrected chi connectivity index (χ1v) is 5.12. The van der Waals surface area contributed by atoms with E-state index in [0.29, 0.717) is 0 Å². The monoisotopic (exact) mass is 222 g/mol. The number of aryl methyl sites for hydroxylation is 1. The van der Waals surface area contributed by atoms with Crippen molar-refractivity contribution in [1.29, 1.82) is 0 Å². The minimum Gasteiger partial charge on any atom is -0.491 e. The zero-order valence-corrected chi connectivity index (χ0v) is 9.91. The lowest BCUT2D eigenvalue weighted by molar-refractivity contribution is -0.123. The van der Waals surface area contributed by atoms with Crippen LogP contribution in [0.5, 0.6) is 5.75 Å². The van der Waals surface area contributed by atoms with Gasteiger partial charge in [-0.15, -0.1) is 0 Å². The second kappa shape index (κ2) is 4.53. The number of carbonyl (C=O) groups excluding carboxylic acids is 1. The van der Waals surface area contributed by atoms with E-state index in [2.05, 4.69) is 0 Å². The third-order valence-electron chi connectivity index (χ3n) is 2.65. The van der Waals surface area contributed by atoms with E-state index in [1.54, 1.807) is 6.92 Å². The average Bonchev–Trinajstić information content (AvgIpc) is 2.20. The van der Waals surface area contributed by atoms with Gasteiger partial charge in [-0.3, -0.25) is 4.79 Å². The van der Waals surface area contributed by atoms with Crippen molar-refractivity contribution in [2.75, 3.05) is 6.61 Å². The molecule has 88 valence electrons. The lowest BCUT2D eigenvalue weighted by Gasteiger charge is -2.21. The molecule has 0 heterocycles. The van der Waals surface area contributed by atoms with Crippen LogP contribution in [0.2, 0.25) is 0 Å². The van der Waals surface area contributed by atoms with Crippen molar-refractivity contribution in [2.24, 2.45) is 11.5 Å². The zero-order valence-electron chi connectivity index (χ0n) is 9.91. The molecule has 0 radical (unpaired) electrons. The molecular weight excluding hydrogens is 204 g/mol. The predicted octanol–water partition coefficient (Wildman–Crippen LogP) is 0.885. The van der Waals surface area contributed by atoms with Crippen LogP contribution in [0.25, 0.3) is 0 Å². The highest BCUT2D eigenvalue weighted by molar-refractivity contribution is 5.84. The summed E-state index contributed by atoms with van der Waals surface area (Å²) >= 11 is 0. The van der Waals surface area contributed by atoms with Gasteiger partial charge in [0.15, 0.2) is 0 Å². The Balaban J connectivity index is 2.76. The molecule has 0 fully saturated rings. The maximum Gasteiger partial charge on any atom is 0.240 e. The number of rotatable bonds is 4. The number of ether oxygens (including phenoxy) is 1. The number of primary amides is 1. The highest BCUT2D eigenvalue weighted by atomic mass is 16.5.